The summed E-state index contributed by atoms with van der Waals surface area (Å²) in [5.74, 6) is 0.472. The Labute approximate surface area is 195 Å². The van der Waals surface area contributed by atoms with Crippen molar-refractivity contribution in [2.75, 3.05) is 7.11 Å². The van der Waals surface area contributed by atoms with Gasteiger partial charge in [-0.05, 0) is 30.2 Å². The average molecular weight is 471 g/mol. The van der Waals surface area contributed by atoms with Gasteiger partial charge in [-0.3, -0.25) is 4.79 Å². The average Bonchev–Trinajstić information content (AvgIpc) is 2.78. The van der Waals surface area contributed by atoms with Crippen LogP contribution < -0.4 is 15.2 Å². The fourth-order valence-electron chi connectivity index (χ4n) is 4.00. The van der Waals surface area contributed by atoms with Gasteiger partial charge in [0, 0.05) is 29.0 Å². The molecule has 6 nitrogen and oxygen atoms in total. The van der Waals surface area contributed by atoms with Crippen LogP contribution in [0.2, 0.25) is 10.0 Å². The zero-order chi connectivity index (χ0) is 22.8. The molecule has 0 spiro atoms. The maximum Gasteiger partial charge on any atom is 0.205 e. The number of halogens is 2. The first-order valence-corrected chi connectivity index (χ1v) is 10.8. The highest BCUT2D eigenvalue weighted by Crippen LogP contribution is 2.47. The lowest BCUT2D eigenvalue weighted by atomic mass is 9.77. The Bertz CT molecular complexity index is 1200. The Hall–Kier alpha value is -3.14. The summed E-state index contributed by atoms with van der Waals surface area (Å²) in [6.45, 7) is 0.191. The van der Waals surface area contributed by atoms with Crippen molar-refractivity contribution in [1.82, 2.24) is 0 Å². The minimum absolute atomic E-state index is 0.0000790. The number of carbonyl (C=O) groups excluding carboxylic acids is 1. The van der Waals surface area contributed by atoms with Crippen LogP contribution in [0.25, 0.3) is 0 Å². The topological polar surface area (TPSA) is 94.6 Å². The summed E-state index contributed by atoms with van der Waals surface area (Å²) in [5.41, 5.74) is 8.04. The van der Waals surface area contributed by atoms with Gasteiger partial charge in [0.25, 0.3) is 0 Å². The van der Waals surface area contributed by atoms with Crippen molar-refractivity contribution in [1.29, 1.82) is 5.26 Å². The quantitative estimate of drug-likeness (QED) is 0.628. The second-order valence-electron chi connectivity index (χ2n) is 7.45. The van der Waals surface area contributed by atoms with E-state index < -0.39 is 5.92 Å². The summed E-state index contributed by atoms with van der Waals surface area (Å²) in [6.07, 6.45) is 1.65. The molecule has 0 bridgehead atoms. The Morgan fingerprint density at radius 3 is 2.72 bits per heavy atom. The van der Waals surface area contributed by atoms with E-state index in [1.165, 1.54) is 7.11 Å². The van der Waals surface area contributed by atoms with Crippen molar-refractivity contribution in [2.24, 2.45) is 5.73 Å². The smallest absolute Gasteiger partial charge is 0.205 e. The summed E-state index contributed by atoms with van der Waals surface area (Å²) in [4.78, 5) is 12.8. The first-order chi connectivity index (χ1) is 15.4. The SMILES string of the molecule is COc1cc([C@@H]2C(C#N)=C(N)OC3=C2C(=O)CCC3)cc(Cl)c1OCc1ccccc1Cl. The van der Waals surface area contributed by atoms with Gasteiger partial charge in [-0.15, -0.1) is 0 Å². The first-order valence-electron chi connectivity index (χ1n) is 10.0. The zero-order valence-corrected chi connectivity index (χ0v) is 18.8. The monoisotopic (exact) mass is 470 g/mol. The minimum Gasteiger partial charge on any atom is -0.493 e. The van der Waals surface area contributed by atoms with E-state index in [2.05, 4.69) is 6.07 Å². The lowest BCUT2D eigenvalue weighted by molar-refractivity contribution is -0.116. The van der Waals surface area contributed by atoms with Gasteiger partial charge in [-0.25, -0.2) is 0 Å². The van der Waals surface area contributed by atoms with E-state index in [9.17, 15) is 10.1 Å². The number of rotatable bonds is 5. The molecule has 0 amide bonds. The van der Waals surface area contributed by atoms with Gasteiger partial charge in [0.15, 0.2) is 17.3 Å². The van der Waals surface area contributed by atoms with E-state index >= 15 is 0 Å². The number of nitrogens with zero attached hydrogens (tertiary/aromatic N) is 1. The molecule has 1 heterocycles. The molecule has 2 N–H and O–H groups in total. The second-order valence-corrected chi connectivity index (χ2v) is 8.27. The third-order valence-corrected chi connectivity index (χ3v) is 6.17. The fourth-order valence-corrected chi connectivity index (χ4v) is 4.47. The molecule has 0 saturated carbocycles. The van der Waals surface area contributed by atoms with Crippen molar-refractivity contribution < 1.29 is 19.0 Å². The van der Waals surface area contributed by atoms with E-state index in [0.29, 0.717) is 52.7 Å². The molecule has 1 atom stereocenters. The molecular formula is C24H20Cl2N2O4. The van der Waals surface area contributed by atoms with Crippen molar-refractivity contribution in [2.45, 2.75) is 31.8 Å². The predicted molar refractivity (Wildman–Crippen MR) is 120 cm³/mol. The first kappa shape index (κ1) is 22.1. The van der Waals surface area contributed by atoms with E-state index in [1.807, 2.05) is 18.2 Å². The van der Waals surface area contributed by atoms with Gasteiger partial charge in [-0.2, -0.15) is 5.26 Å². The van der Waals surface area contributed by atoms with Crippen molar-refractivity contribution in [3.8, 4) is 17.6 Å². The van der Waals surface area contributed by atoms with Gasteiger partial charge in [0.05, 0.1) is 18.1 Å². The number of nitrogens with two attached hydrogens (primary N) is 1. The second kappa shape index (κ2) is 9.15. The summed E-state index contributed by atoms with van der Waals surface area (Å²) in [6, 6.07) is 12.8. The molecule has 4 rings (SSSR count). The summed E-state index contributed by atoms with van der Waals surface area (Å²) < 4.78 is 17.1. The van der Waals surface area contributed by atoms with Crippen LogP contribution in [0.4, 0.5) is 0 Å². The molecule has 0 aromatic heterocycles. The molecule has 2 aliphatic rings. The standard InChI is InChI=1S/C24H20Cl2N2O4/c1-30-20-10-14(9-17(26)23(20)31-12-13-5-2-3-6-16(13)25)21-15(11-27)24(28)32-19-8-4-7-18(29)22(19)21/h2-3,5-6,9-10,21H,4,7-8,12,28H2,1H3/t21-/m1/s1. The molecule has 1 aliphatic carbocycles. The number of hydrogen-bond donors (Lipinski definition) is 1. The Balaban J connectivity index is 1.75. The molecule has 164 valence electrons. The lowest BCUT2D eigenvalue weighted by Crippen LogP contribution is -2.27. The van der Waals surface area contributed by atoms with Gasteiger partial charge in [-0.1, -0.05) is 41.4 Å². The maximum atomic E-state index is 12.8. The van der Waals surface area contributed by atoms with Crippen LogP contribution in [0.5, 0.6) is 11.5 Å². The van der Waals surface area contributed by atoms with Gasteiger partial charge in [0.1, 0.15) is 24.0 Å². The van der Waals surface area contributed by atoms with Crippen LogP contribution in [-0.4, -0.2) is 12.9 Å². The number of ketones is 1. The summed E-state index contributed by atoms with van der Waals surface area (Å²) in [5, 5.41) is 10.6. The minimum atomic E-state index is -0.680. The molecule has 2 aromatic carbocycles. The maximum absolute atomic E-state index is 12.8. The Kier molecular flexibility index (Phi) is 6.31. The molecular weight excluding hydrogens is 451 g/mol. The number of ether oxygens (including phenoxy) is 3. The third-order valence-electron chi connectivity index (χ3n) is 5.52. The Morgan fingerprint density at radius 1 is 1.22 bits per heavy atom. The number of benzene rings is 2. The van der Waals surface area contributed by atoms with Crippen LogP contribution in [0, 0.1) is 11.3 Å². The fraction of sp³-hybridized carbons (Fsp3) is 0.250. The normalized spacial score (nSPS) is 18.1. The number of allylic oxidation sites excluding steroid dienone is 3. The van der Waals surface area contributed by atoms with E-state index in [0.717, 1.165) is 5.56 Å². The van der Waals surface area contributed by atoms with E-state index in [1.54, 1.807) is 18.2 Å². The molecule has 0 radical (unpaired) electrons. The predicted octanol–water partition coefficient (Wildman–Crippen LogP) is 5.40. The number of hydrogen-bond acceptors (Lipinski definition) is 6. The molecule has 0 fully saturated rings. The molecule has 0 unspecified atom stereocenters. The number of methoxy groups -OCH3 is 1. The Morgan fingerprint density at radius 2 is 2.00 bits per heavy atom. The van der Waals surface area contributed by atoms with Gasteiger partial charge in [0.2, 0.25) is 5.88 Å². The van der Waals surface area contributed by atoms with Gasteiger partial charge < -0.3 is 19.9 Å². The highest BCUT2D eigenvalue weighted by molar-refractivity contribution is 6.32. The highest BCUT2D eigenvalue weighted by atomic mass is 35.5. The molecule has 0 saturated heterocycles. The van der Waals surface area contributed by atoms with E-state index in [-0.39, 0.29) is 28.9 Å². The van der Waals surface area contributed by atoms with E-state index in [4.69, 9.17) is 43.1 Å². The van der Waals surface area contributed by atoms with Crippen LogP contribution in [0.15, 0.2) is 59.2 Å². The lowest BCUT2D eigenvalue weighted by Gasteiger charge is -2.31. The molecule has 32 heavy (non-hydrogen) atoms. The molecule has 2 aromatic rings. The largest absolute Gasteiger partial charge is 0.493 e. The van der Waals surface area contributed by atoms with Gasteiger partial charge >= 0.3 is 0 Å². The molecule has 1 aliphatic heterocycles. The molecule has 8 heteroatoms. The van der Waals surface area contributed by atoms with Crippen molar-refractivity contribution in [3.63, 3.8) is 0 Å². The summed E-state index contributed by atoms with van der Waals surface area (Å²) in [7, 11) is 1.49. The van der Waals surface area contributed by atoms with Crippen LogP contribution in [0.1, 0.15) is 36.3 Å². The van der Waals surface area contributed by atoms with Crippen LogP contribution in [-0.2, 0) is 16.1 Å². The number of nitriles is 1. The summed E-state index contributed by atoms with van der Waals surface area (Å²) >= 11 is 12.8. The third kappa shape index (κ3) is 4.02. The van der Waals surface area contributed by atoms with Crippen LogP contribution >= 0.6 is 23.2 Å². The number of Topliss-reactive ketones (excluding diaryl/α,β-unsaturated/α-hetero) is 1. The highest BCUT2D eigenvalue weighted by Gasteiger charge is 2.38. The van der Waals surface area contributed by atoms with Crippen molar-refractivity contribution in [3.05, 3.63) is 80.4 Å². The number of carbonyl (C=O) groups is 1. The van der Waals surface area contributed by atoms with Crippen LogP contribution in [0.3, 0.4) is 0 Å². The zero-order valence-electron chi connectivity index (χ0n) is 17.3. The van der Waals surface area contributed by atoms with Crippen molar-refractivity contribution >= 4 is 29.0 Å².